The van der Waals surface area contributed by atoms with Crippen molar-refractivity contribution in [1.29, 1.82) is 0 Å². The van der Waals surface area contributed by atoms with Crippen LogP contribution in [0.25, 0.3) is 0 Å². The van der Waals surface area contributed by atoms with Crippen LogP contribution in [0.3, 0.4) is 0 Å². The maximum Gasteiger partial charge on any atom is 0.260 e. The van der Waals surface area contributed by atoms with Gasteiger partial charge >= 0.3 is 0 Å². The SMILES string of the molecule is CC(C)C(=O)N1CCC(CC2CCNCC2)CC1.CC(C)CN1CCCC(F)(F)C1. The minimum atomic E-state index is -2.44. The van der Waals surface area contributed by atoms with Crippen molar-refractivity contribution in [3.05, 3.63) is 0 Å². The molecule has 176 valence electrons. The van der Waals surface area contributed by atoms with Crippen molar-refractivity contribution in [3.8, 4) is 0 Å². The van der Waals surface area contributed by atoms with Crippen LogP contribution < -0.4 is 5.32 Å². The second-order valence-electron chi connectivity index (χ2n) is 10.4. The van der Waals surface area contributed by atoms with E-state index in [0.29, 0.717) is 18.2 Å². The molecule has 4 nitrogen and oxygen atoms in total. The normalized spacial score (nSPS) is 24.1. The highest BCUT2D eigenvalue weighted by Gasteiger charge is 2.34. The maximum atomic E-state index is 12.9. The molecule has 0 aliphatic carbocycles. The monoisotopic (exact) mass is 429 g/mol. The Hall–Kier alpha value is -0.750. The first-order valence-electron chi connectivity index (χ1n) is 12.3. The van der Waals surface area contributed by atoms with E-state index in [0.717, 1.165) is 38.0 Å². The molecule has 0 aromatic rings. The number of hydrogen-bond donors (Lipinski definition) is 1. The number of alkyl halides is 2. The number of piperidine rings is 3. The number of likely N-dealkylation sites (tertiary alicyclic amines) is 2. The summed E-state index contributed by atoms with van der Waals surface area (Å²) in [6.45, 7) is 14.1. The lowest BCUT2D eigenvalue weighted by atomic mass is 9.83. The Bertz CT molecular complexity index is 499. The van der Waals surface area contributed by atoms with Crippen LogP contribution in [-0.2, 0) is 4.79 Å². The molecule has 0 radical (unpaired) electrons. The molecule has 0 aromatic heterocycles. The fraction of sp³-hybridized carbons (Fsp3) is 0.958. The van der Waals surface area contributed by atoms with Gasteiger partial charge in [-0.3, -0.25) is 9.69 Å². The Kier molecular flexibility index (Phi) is 10.5. The van der Waals surface area contributed by atoms with Crippen LogP contribution in [0.4, 0.5) is 8.78 Å². The van der Waals surface area contributed by atoms with Crippen LogP contribution >= 0.6 is 0 Å². The number of carbonyl (C=O) groups excluding carboxylic acids is 1. The summed E-state index contributed by atoms with van der Waals surface area (Å²) in [4.78, 5) is 15.9. The molecule has 0 atom stereocenters. The number of nitrogens with one attached hydrogen (secondary N) is 1. The summed E-state index contributed by atoms with van der Waals surface area (Å²) < 4.78 is 25.7. The lowest BCUT2D eigenvalue weighted by Gasteiger charge is -2.35. The topological polar surface area (TPSA) is 35.6 Å². The zero-order valence-corrected chi connectivity index (χ0v) is 19.8. The summed E-state index contributed by atoms with van der Waals surface area (Å²) in [6.07, 6.45) is 7.26. The molecule has 1 amide bonds. The van der Waals surface area contributed by atoms with Crippen LogP contribution in [0.15, 0.2) is 0 Å². The van der Waals surface area contributed by atoms with Crippen molar-refractivity contribution >= 4 is 5.91 Å². The lowest BCUT2D eigenvalue weighted by molar-refractivity contribution is -0.135. The Morgan fingerprint density at radius 1 is 1.00 bits per heavy atom. The standard InChI is InChI=1S/C15H28N2O.C9H17F2N/c1-12(2)15(18)17-9-5-14(6-10-17)11-13-3-7-16-8-4-13;1-8(2)6-12-5-3-4-9(10,11)7-12/h12-14,16H,3-11H2,1-2H3;8H,3-7H2,1-2H3. The molecule has 3 saturated heterocycles. The molecule has 0 unspecified atom stereocenters. The zero-order chi connectivity index (χ0) is 22.1. The van der Waals surface area contributed by atoms with E-state index in [1.54, 1.807) is 0 Å². The fourth-order valence-electron chi connectivity index (χ4n) is 5.06. The first-order valence-corrected chi connectivity index (χ1v) is 12.3. The smallest absolute Gasteiger partial charge is 0.260 e. The highest BCUT2D eigenvalue weighted by molar-refractivity contribution is 5.78. The molecule has 0 aromatic carbocycles. The second kappa shape index (κ2) is 12.3. The predicted molar refractivity (Wildman–Crippen MR) is 120 cm³/mol. The molecule has 0 saturated carbocycles. The van der Waals surface area contributed by atoms with Crippen LogP contribution in [0.1, 0.15) is 72.6 Å². The number of nitrogens with zero attached hydrogens (tertiary/aromatic N) is 2. The Balaban J connectivity index is 0.000000232. The summed E-state index contributed by atoms with van der Waals surface area (Å²) in [5, 5.41) is 3.43. The van der Waals surface area contributed by atoms with Crippen LogP contribution in [-0.4, -0.2) is 67.4 Å². The van der Waals surface area contributed by atoms with Gasteiger partial charge in [0.2, 0.25) is 5.91 Å². The molecule has 3 heterocycles. The molecule has 3 aliphatic rings. The van der Waals surface area contributed by atoms with Gasteiger partial charge in [-0.1, -0.05) is 27.7 Å². The molecule has 6 heteroatoms. The van der Waals surface area contributed by atoms with Gasteiger partial charge in [0.15, 0.2) is 0 Å². The molecule has 3 aliphatic heterocycles. The minimum absolute atomic E-state index is 0.0365. The van der Waals surface area contributed by atoms with Gasteiger partial charge in [-0.2, -0.15) is 0 Å². The molecule has 30 heavy (non-hydrogen) atoms. The van der Waals surface area contributed by atoms with E-state index in [-0.39, 0.29) is 18.9 Å². The maximum absolute atomic E-state index is 12.9. The third kappa shape index (κ3) is 9.17. The first-order chi connectivity index (χ1) is 14.2. The van der Waals surface area contributed by atoms with Crippen molar-refractivity contribution in [1.82, 2.24) is 15.1 Å². The third-order valence-corrected chi connectivity index (χ3v) is 6.64. The van der Waals surface area contributed by atoms with Crippen LogP contribution in [0.2, 0.25) is 0 Å². The molecule has 3 fully saturated rings. The van der Waals surface area contributed by atoms with Gasteiger partial charge in [0, 0.05) is 32.0 Å². The van der Waals surface area contributed by atoms with E-state index in [1.165, 1.54) is 45.2 Å². The summed E-state index contributed by atoms with van der Waals surface area (Å²) in [6, 6.07) is 0. The van der Waals surface area contributed by atoms with Gasteiger partial charge in [-0.25, -0.2) is 8.78 Å². The molecule has 3 rings (SSSR count). The van der Waals surface area contributed by atoms with E-state index in [4.69, 9.17) is 0 Å². The van der Waals surface area contributed by atoms with E-state index in [1.807, 2.05) is 18.7 Å². The summed E-state index contributed by atoms with van der Waals surface area (Å²) >= 11 is 0. The lowest BCUT2D eigenvalue weighted by Crippen LogP contribution is -2.43. The third-order valence-electron chi connectivity index (χ3n) is 6.64. The fourth-order valence-corrected chi connectivity index (χ4v) is 5.06. The van der Waals surface area contributed by atoms with Gasteiger partial charge < -0.3 is 10.2 Å². The van der Waals surface area contributed by atoms with Crippen LogP contribution in [0.5, 0.6) is 0 Å². The van der Waals surface area contributed by atoms with E-state index < -0.39 is 5.92 Å². The average Bonchev–Trinajstić information content (AvgIpc) is 2.68. The van der Waals surface area contributed by atoms with Gasteiger partial charge in [-0.15, -0.1) is 0 Å². The minimum Gasteiger partial charge on any atom is -0.342 e. The predicted octanol–water partition coefficient (Wildman–Crippen LogP) is 4.64. The Morgan fingerprint density at radius 2 is 1.60 bits per heavy atom. The van der Waals surface area contributed by atoms with E-state index in [2.05, 4.69) is 24.1 Å². The highest BCUT2D eigenvalue weighted by Crippen LogP contribution is 2.29. The Morgan fingerprint density at radius 3 is 2.13 bits per heavy atom. The number of hydrogen-bond acceptors (Lipinski definition) is 3. The van der Waals surface area contributed by atoms with Crippen molar-refractivity contribution in [2.75, 3.05) is 45.8 Å². The number of rotatable bonds is 5. The number of amides is 1. The first kappa shape index (κ1) is 25.5. The van der Waals surface area contributed by atoms with E-state index in [9.17, 15) is 13.6 Å². The number of halogens is 2. The molecule has 1 N–H and O–H groups in total. The van der Waals surface area contributed by atoms with Crippen LogP contribution in [0, 0.1) is 23.7 Å². The quantitative estimate of drug-likeness (QED) is 0.691. The van der Waals surface area contributed by atoms with Gasteiger partial charge in [0.05, 0.1) is 6.54 Å². The van der Waals surface area contributed by atoms with Crippen molar-refractivity contribution < 1.29 is 13.6 Å². The van der Waals surface area contributed by atoms with Crippen molar-refractivity contribution in [3.63, 3.8) is 0 Å². The summed E-state index contributed by atoms with van der Waals surface area (Å²) in [5.74, 6) is 0.348. The zero-order valence-electron chi connectivity index (χ0n) is 19.8. The average molecular weight is 430 g/mol. The summed E-state index contributed by atoms with van der Waals surface area (Å²) in [7, 11) is 0. The Labute approximate surface area is 183 Å². The summed E-state index contributed by atoms with van der Waals surface area (Å²) in [5.41, 5.74) is 0. The van der Waals surface area contributed by atoms with Gasteiger partial charge in [0.25, 0.3) is 5.92 Å². The molecule has 0 spiro atoms. The second-order valence-corrected chi connectivity index (χ2v) is 10.4. The van der Waals surface area contributed by atoms with Gasteiger partial charge in [0.1, 0.15) is 0 Å². The van der Waals surface area contributed by atoms with Gasteiger partial charge in [-0.05, 0) is 75.9 Å². The highest BCUT2D eigenvalue weighted by atomic mass is 19.3. The van der Waals surface area contributed by atoms with Crippen molar-refractivity contribution in [2.45, 2.75) is 78.6 Å². The number of carbonyl (C=O) groups is 1. The molecular weight excluding hydrogens is 384 g/mol. The van der Waals surface area contributed by atoms with Crippen molar-refractivity contribution in [2.24, 2.45) is 23.7 Å². The van der Waals surface area contributed by atoms with E-state index >= 15 is 0 Å². The largest absolute Gasteiger partial charge is 0.342 e. The molecule has 0 bridgehead atoms. The molecular formula is C24H45F2N3O.